The van der Waals surface area contributed by atoms with Gasteiger partial charge in [-0.15, -0.1) is 0 Å². The Hall–Kier alpha value is -2.50. The second kappa shape index (κ2) is 8.45. The molecule has 2 atom stereocenters. The minimum atomic E-state index is -3.74. The van der Waals surface area contributed by atoms with Crippen LogP contribution in [0.3, 0.4) is 0 Å². The molecule has 2 N–H and O–H groups in total. The molecule has 5 rings (SSSR count). The third-order valence-electron chi connectivity index (χ3n) is 6.19. The lowest BCUT2D eigenvalue weighted by Gasteiger charge is -2.31. The maximum atomic E-state index is 13.2. The predicted octanol–water partition coefficient (Wildman–Crippen LogP) is 0.564. The number of nitrogens with zero attached hydrogens (tertiary/aromatic N) is 3. The van der Waals surface area contributed by atoms with E-state index in [1.807, 2.05) is 35.2 Å². The lowest BCUT2D eigenvalue weighted by atomic mass is 9.97. The van der Waals surface area contributed by atoms with E-state index in [1.54, 1.807) is 0 Å². The molecule has 0 amide bonds. The lowest BCUT2D eigenvalue weighted by molar-refractivity contribution is -0.0156. The molecule has 3 aliphatic heterocycles. The zero-order valence-corrected chi connectivity index (χ0v) is 18.2. The Bertz CT molecular complexity index is 1120. The van der Waals surface area contributed by atoms with Crippen molar-refractivity contribution in [2.45, 2.75) is 17.0 Å². The van der Waals surface area contributed by atoms with Crippen LogP contribution in [-0.2, 0) is 10.0 Å². The van der Waals surface area contributed by atoms with Gasteiger partial charge in [0.25, 0.3) is 5.88 Å². The average molecular weight is 460 g/mol. The molecule has 0 fully saturated rings. The summed E-state index contributed by atoms with van der Waals surface area (Å²) >= 11 is 0. The van der Waals surface area contributed by atoms with E-state index in [9.17, 15) is 18.6 Å². The molecule has 3 aliphatic rings. The SMILES string of the molecule is O=S(=O)(c1cnc2c(c1)OCCO2)N1CC2=C(CN(C(O)[C@@H](CO)c3ccccc3)C2)C1. The topological polar surface area (TPSA) is 112 Å². The van der Waals surface area contributed by atoms with E-state index < -0.39 is 22.2 Å². The molecular weight excluding hydrogens is 434 g/mol. The monoisotopic (exact) mass is 459 g/mol. The summed E-state index contributed by atoms with van der Waals surface area (Å²) in [4.78, 5) is 6.05. The summed E-state index contributed by atoms with van der Waals surface area (Å²) in [7, 11) is -3.74. The molecule has 0 spiro atoms. The van der Waals surface area contributed by atoms with Crippen LogP contribution in [0.4, 0.5) is 0 Å². The molecular formula is C22H25N3O6S. The smallest absolute Gasteiger partial charge is 0.257 e. The highest BCUT2D eigenvalue weighted by atomic mass is 32.2. The molecule has 32 heavy (non-hydrogen) atoms. The van der Waals surface area contributed by atoms with Crippen molar-refractivity contribution in [2.24, 2.45) is 0 Å². The minimum absolute atomic E-state index is 0.0734. The molecule has 0 aliphatic carbocycles. The number of aliphatic hydroxyl groups excluding tert-OH is 2. The van der Waals surface area contributed by atoms with Gasteiger partial charge in [0.15, 0.2) is 5.75 Å². The van der Waals surface area contributed by atoms with Crippen molar-refractivity contribution in [3.63, 3.8) is 0 Å². The molecule has 1 aromatic heterocycles. The number of sulfonamides is 1. The molecule has 10 heteroatoms. The molecule has 9 nitrogen and oxygen atoms in total. The van der Waals surface area contributed by atoms with E-state index in [0.717, 1.165) is 16.7 Å². The summed E-state index contributed by atoms with van der Waals surface area (Å²) < 4.78 is 38.6. The Labute approximate surface area is 186 Å². The van der Waals surface area contributed by atoms with Crippen molar-refractivity contribution in [1.29, 1.82) is 0 Å². The maximum absolute atomic E-state index is 13.2. The third-order valence-corrected chi connectivity index (χ3v) is 7.95. The van der Waals surface area contributed by atoms with Crippen LogP contribution in [-0.4, -0.2) is 85.0 Å². The summed E-state index contributed by atoms with van der Waals surface area (Å²) in [5.41, 5.74) is 2.84. The third kappa shape index (κ3) is 3.78. The Morgan fingerprint density at radius 2 is 1.72 bits per heavy atom. The van der Waals surface area contributed by atoms with Gasteiger partial charge in [-0.25, -0.2) is 13.4 Å². The average Bonchev–Trinajstić information content (AvgIpc) is 3.40. The number of aliphatic hydroxyl groups is 2. The van der Waals surface area contributed by atoms with Crippen molar-refractivity contribution < 1.29 is 28.1 Å². The normalized spacial score (nSPS) is 20.9. The van der Waals surface area contributed by atoms with E-state index in [4.69, 9.17) is 9.47 Å². The second-order valence-electron chi connectivity index (χ2n) is 8.17. The quantitative estimate of drug-likeness (QED) is 0.603. The van der Waals surface area contributed by atoms with Gasteiger partial charge in [0.1, 0.15) is 24.3 Å². The number of fused-ring (bicyclic) bond motifs is 1. The first-order chi connectivity index (χ1) is 15.5. The van der Waals surface area contributed by atoms with Crippen LogP contribution in [0.1, 0.15) is 11.5 Å². The van der Waals surface area contributed by atoms with E-state index in [2.05, 4.69) is 4.98 Å². The molecule has 0 radical (unpaired) electrons. The molecule has 0 bridgehead atoms. The minimum Gasteiger partial charge on any atom is -0.484 e. The highest BCUT2D eigenvalue weighted by molar-refractivity contribution is 7.89. The van der Waals surface area contributed by atoms with Crippen LogP contribution >= 0.6 is 0 Å². The molecule has 1 aromatic carbocycles. The zero-order chi connectivity index (χ0) is 22.3. The van der Waals surface area contributed by atoms with Crippen molar-refractivity contribution in [1.82, 2.24) is 14.2 Å². The van der Waals surface area contributed by atoms with Crippen LogP contribution in [0.15, 0.2) is 58.6 Å². The van der Waals surface area contributed by atoms with Crippen LogP contribution in [0.2, 0.25) is 0 Å². The van der Waals surface area contributed by atoms with Gasteiger partial charge in [0.05, 0.1) is 12.8 Å². The van der Waals surface area contributed by atoms with E-state index in [-0.39, 0.29) is 24.6 Å². The van der Waals surface area contributed by atoms with Gasteiger partial charge in [-0.2, -0.15) is 4.31 Å². The molecule has 170 valence electrons. The second-order valence-corrected chi connectivity index (χ2v) is 10.1. The fourth-order valence-electron chi connectivity index (χ4n) is 4.46. The zero-order valence-electron chi connectivity index (χ0n) is 17.4. The van der Waals surface area contributed by atoms with Gasteiger partial charge in [-0.1, -0.05) is 30.3 Å². The number of benzene rings is 1. The van der Waals surface area contributed by atoms with Gasteiger partial charge in [0, 0.05) is 38.2 Å². The van der Waals surface area contributed by atoms with Gasteiger partial charge in [-0.05, 0) is 16.7 Å². The van der Waals surface area contributed by atoms with E-state index in [1.165, 1.54) is 16.6 Å². The number of hydrogen-bond donors (Lipinski definition) is 2. The van der Waals surface area contributed by atoms with Crippen LogP contribution in [0.25, 0.3) is 0 Å². The van der Waals surface area contributed by atoms with Crippen LogP contribution in [0.5, 0.6) is 11.6 Å². The van der Waals surface area contributed by atoms with E-state index >= 15 is 0 Å². The van der Waals surface area contributed by atoms with E-state index in [0.29, 0.717) is 37.9 Å². The molecule has 4 heterocycles. The van der Waals surface area contributed by atoms with Crippen molar-refractivity contribution in [3.8, 4) is 11.6 Å². The Balaban J connectivity index is 1.26. The first-order valence-electron chi connectivity index (χ1n) is 10.5. The van der Waals surface area contributed by atoms with Crippen molar-refractivity contribution in [2.75, 3.05) is 46.0 Å². The van der Waals surface area contributed by atoms with Crippen molar-refractivity contribution >= 4 is 10.0 Å². The first kappa shape index (κ1) is 21.4. The highest BCUT2D eigenvalue weighted by Gasteiger charge is 2.39. The fraction of sp³-hybridized carbons (Fsp3) is 0.409. The largest absolute Gasteiger partial charge is 0.484 e. The molecule has 0 saturated carbocycles. The molecule has 0 saturated heterocycles. The predicted molar refractivity (Wildman–Crippen MR) is 115 cm³/mol. The standard InChI is InChI=1S/C22H25N3O6S/c26-14-19(15-4-2-1-3-5-15)22(27)24-10-16-12-25(13-17(16)11-24)32(28,29)18-8-20-21(23-9-18)31-7-6-30-20/h1-5,8-9,19,22,26-27H,6-7,10-14H2/t19-,22?/m0/s1. The molecule has 1 unspecified atom stereocenters. The maximum Gasteiger partial charge on any atom is 0.257 e. The van der Waals surface area contributed by atoms with Gasteiger partial charge < -0.3 is 19.7 Å². The van der Waals surface area contributed by atoms with Gasteiger partial charge in [-0.3, -0.25) is 4.90 Å². The fourth-order valence-corrected chi connectivity index (χ4v) is 5.86. The molecule has 2 aromatic rings. The summed E-state index contributed by atoms with van der Waals surface area (Å²) in [6, 6.07) is 10.9. The summed E-state index contributed by atoms with van der Waals surface area (Å²) in [6.07, 6.45) is 0.439. The number of pyridine rings is 1. The number of rotatable bonds is 6. The Kier molecular flexibility index (Phi) is 5.64. The Morgan fingerprint density at radius 3 is 2.41 bits per heavy atom. The van der Waals surface area contributed by atoms with Crippen molar-refractivity contribution in [3.05, 3.63) is 59.3 Å². The Morgan fingerprint density at radius 1 is 1.03 bits per heavy atom. The number of hydrogen-bond acceptors (Lipinski definition) is 8. The first-order valence-corrected chi connectivity index (χ1v) is 11.9. The highest BCUT2D eigenvalue weighted by Crippen LogP contribution is 2.35. The summed E-state index contributed by atoms with van der Waals surface area (Å²) in [6.45, 7) is 2.03. The lowest BCUT2D eigenvalue weighted by Crippen LogP contribution is -2.42. The van der Waals surface area contributed by atoms with Crippen LogP contribution in [0, 0.1) is 0 Å². The van der Waals surface area contributed by atoms with Gasteiger partial charge >= 0.3 is 0 Å². The number of ether oxygens (including phenoxy) is 2. The van der Waals surface area contributed by atoms with Crippen LogP contribution < -0.4 is 9.47 Å². The number of aromatic nitrogens is 1. The van der Waals surface area contributed by atoms with Gasteiger partial charge in [0.2, 0.25) is 10.0 Å². The summed E-state index contributed by atoms with van der Waals surface area (Å²) in [5.74, 6) is 0.209. The summed E-state index contributed by atoms with van der Waals surface area (Å²) in [5, 5.41) is 20.8.